The predicted octanol–water partition coefficient (Wildman–Crippen LogP) is 3.63. The topological polar surface area (TPSA) is 121 Å². The second-order valence-electron chi connectivity index (χ2n) is 6.86. The summed E-state index contributed by atoms with van der Waals surface area (Å²) in [6.07, 6.45) is 0.0372. The van der Waals surface area contributed by atoms with Crippen LogP contribution in [0.3, 0.4) is 0 Å². The number of halogens is 5. The molecule has 3 N–H and O–H groups in total. The van der Waals surface area contributed by atoms with Gasteiger partial charge >= 0.3 is 6.18 Å². The van der Waals surface area contributed by atoms with E-state index in [9.17, 15) is 22.4 Å². The van der Waals surface area contributed by atoms with Gasteiger partial charge in [-0.25, -0.2) is 19.3 Å². The van der Waals surface area contributed by atoms with Gasteiger partial charge < -0.3 is 15.8 Å². The van der Waals surface area contributed by atoms with Crippen LogP contribution in [0.25, 0.3) is 5.95 Å². The molecule has 0 aliphatic heterocycles. The fourth-order valence-electron chi connectivity index (χ4n) is 3.04. The molecule has 14 heteroatoms. The number of allylic oxidation sites excluding steroid dienone is 4. The molecule has 0 aromatic carbocycles. The molecule has 0 saturated heterocycles. The van der Waals surface area contributed by atoms with Crippen LogP contribution >= 0.6 is 11.6 Å². The molecule has 176 valence electrons. The first-order valence-electron chi connectivity index (χ1n) is 9.51. The first kappa shape index (κ1) is 23.2. The minimum absolute atomic E-state index is 0.00207. The van der Waals surface area contributed by atoms with Crippen LogP contribution in [0.2, 0.25) is 5.02 Å². The molecule has 9 nitrogen and oxygen atoms in total. The molecule has 0 radical (unpaired) electrons. The van der Waals surface area contributed by atoms with E-state index >= 15 is 0 Å². The highest BCUT2D eigenvalue weighted by Crippen LogP contribution is 2.34. The SMILES string of the molecule is Nc1nccc(OC2=CC=C(NC(=O)c3cnn(-c4ncccn4)c3C(F)(F)F)CC2F)c1Cl. The normalized spacial score (nSPS) is 16.0. The number of hydrogen-bond donors (Lipinski definition) is 2. The maximum absolute atomic E-state index is 14.7. The summed E-state index contributed by atoms with van der Waals surface area (Å²) < 4.78 is 61.7. The van der Waals surface area contributed by atoms with Crippen molar-refractivity contribution in [2.75, 3.05) is 5.73 Å². The van der Waals surface area contributed by atoms with E-state index in [2.05, 4.69) is 25.4 Å². The van der Waals surface area contributed by atoms with Crippen LogP contribution in [0.15, 0.2) is 60.5 Å². The largest absolute Gasteiger partial charge is 0.457 e. The zero-order valence-electron chi connectivity index (χ0n) is 16.9. The second kappa shape index (κ2) is 9.09. The summed E-state index contributed by atoms with van der Waals surface area (Å²) in [5.74, 6) is -1.55. The molecule has 0 fully saturated rings. The van der Waals surface area contributed by atoms with Gasteiger partial charge in [0.15, 0.2) is 17.6 Å². The lowest BCUT2D eigenvalue weighted by Crippen LogP contribution is -2.29. The lowest BCUT2D eigenvalue weighted by molar-refractivity contribution is -0.143. The van der Waals surface area contributed by atoms with Gasteiger partial charge in [0, 0.05) is 36.8 Å². The Kier molecular flexibility index (Phi) is 6.20. The van der Waals surface area contributed by atoms with Gasteiger partial charge in [0.2, 0.25) is 0 Å². The first-order valence-corrected chi connectivity index (χ1v) is 9.89. The Morgan fingerprint density at radius 2 is 1.94 bits per heavy atom. The quantitative estimate of drug-likeness (QED) is 0.518. The molecule has 3 aromatic heterocycles. The highest BCUT2D eigenvalue weighted by Gasteiger charge is 2.41. The number of hydrogen-bond acceptors (Lipinski definition) is 7. The van der Waals surface area contributed by atoms with E-state index in [1.807, 2.05) is 0 Å². The number of nitrogens with two attached hydrogens (primary N) is 1. The van der Waals surface area contributed by atoms with E-state index in [1.54, 1.807) is 0 Å². The van der Waals surface area contributed by atoms with Crippen molar-refractivity contribution in [3.63, 3.8) is 0 Å². The van der Waals surface area contributed by atoms with Crippen molar-refractivity contribution in [2.24, 2.45) is 0 Å². The van der Waals surface area contributed by atoms with E-state index in [4.69, 9.17) is 22.1 Å². The summed E-state index contributed by atoms with van der Waals surface area (Å²) >= 11 is 5.98. The third-order valence-electron chi connectivity index (χ3n) is 4.56. The predicted molar refractivity (Wildman–Crippen MR) is 112 cm³/mol. The molecule has 1 atom stereocenters. The van der Waals surface area contributed by atoms with E-state index in [0.717, 1.165) is 6.20 Å². The number of anilines is 1. The molecular weight excluding hydrogens is 482 g/mol. The Morgan fingerprint density at radius 1 is 1.21 bits per heavy atom. The molecule has 1 unspecified atom stereocenters. The summed E-state index contributed by atoms with van der Waals surface area (Å²) in [6.45, 7) is 0. The summed E-state index contributed by atoms with van der Waals surface area (Å²) in [6, 6.07) is 2.81. The van der Waals surface area contributed by atoms with E-state index < -0.39 is 29.5 Å². The van der Waals surface area contributed by atoms with Crippen molar-refractivity contribution in [1.82, 2.24) is 30.0 Å². The fraction of sp³-hybridized carbons (Fsp3) is 0.150. The van der Waals surface area contributed by atoms with Gasteiger partial charge in [-0.2, -0.15) is 23.0 Å². The molecule has 3 aromatic rings. The Balaban J connectivity index is 1.57. The summed E-state index contributed by atoms with van der Waals surface area (Å²) in [4.78, 5) is 23.9. The van der Waals surface area contributed by atoms with E-state index in [1.165, 1.54) is 42.9 Å². The molecular formula is C20H14ClF4N7O2. The summed E-state index contributed by atoms with van der Waals surface area (Å²) in [7, 11) is 0. The zero-order chi connectivity index (χ0) is 24.5. The second-order valence-corrected chi connectivity index (χ2v) is 7.24. The fourth-order valence-corrected chi connectivity index (χ4v) is 3.19. The van der Waals surface area contributed by atoms with Crippen molar-refractivity contribution in [1.29, 1.82) is 0 Å². The number of alkyl halides is 4. The van der Waals surface area contributed by atoms with Crippen molar-refractivity contribution in [3.8, 4) is 11.7 Å². The zero-order valence-corrected chi connectivity index (χ0v) is 17.7. The third-order valence-corrected chi connectivity index (χ3v) is 4.94. The van der Waals surface area contributed by atoms with Crippen molar-refractivity contribution >= 4 is 23.3 Å². The molecule has 1 amide bonds. The van der Waals surface area contributed by atoms with Crippen LogP contribution < -0.4 is 15.8 Å². The number of rotatable bonds is 5. The van der Waals surface area contributed by atoms with E-state index in [0.29, 0.717) is 4.68 Å². The smallest absolute Gasteiger partial charge is 0.434 e. The van der Waals surface area contributed by atoms with Crippen LogP contribution in [0.4, 0.5) is 23.4 Å². The number of carbonyl (C=O) groups is 1. The minimum atomic E-state index is -4.95. The van der Waals surface area contributed by atoms with Crippen molar-refractivity contribution in [3.05, 3.63) is 76.8 Å². The van der Waals surface area contributed by atoms with Gasteiger partial charge in [-0.05, 0) is 18.2 Å². The number of amides is 1. The Morgan fingerprint density at radius 3 is 2.62 bits per heavy atom. The van der Waals surface area contributed by atoms with Crippen LogP contribution in [0, 0.1) is 0 Å². The number of carbonyl (C=O) groups excluding carboxylic acids is 1. The summed E-state index contributed by atoms with van der Waals surface area (Å²) in [5, 5.41) is 5.89. The average Bonchev–Trinajstić information content (AvgIpc) is 3.25. The molecule has 34 heavy (non-hydrogen) atoms. The molecule has 0 spiro atoms. The highest BCUT2D eigenvalue weighted by molar-refractivity contribution is 6.34. The van der Waals surface area contributed by atoms with Crippen LogP contribution in [0.1, 0.15) is 22.5 Å². The average molecular weight is 496 g/mol. The van der Waals surface area contributed by atoms with Gasteiger partial charge in [0.25, 0.3) is 11.9 Å². The van der Waals surface area contributed by atoms with Crippen LogP contribution in [-0.4, -0.2) is 36.8 Å². The Hall–Kier alpha value is -4.00. The minimum Gasteiger partial charge on any atom is -0.457 e. The van der Waals surface area contributed by atoms with Gasteiger partial charge in [-0.3, -0.25) is 4.79 Å². The molecule has 0 bridgehead atoms. The monoisotopic (exact) mass is 495 g/mol. The highest BCUT2D eigenvalue weighted by atomic mass is 35.5. The third kappa shape index (κ3) is 4.69. The van der Waals surface area contributed by atoms with Gasteiger partial charge in [0.1, 0.15) is 16.6 Å². The van der Waals surface area contributed by atoms with Crippen LogP contribution in [-0.2, 0) is 6.18 Å². The van der Waals surface area contributed by atoms with Crippen molar-refractivity contribution in [2.45, 2.75) is 18.8 Å². The van der Waals surface area contributed by atoms with Gasteiger partial charge in [-0.15, -0.1) is 0 Å². The van der Waals surface area contributed by atoms with Crippen LogP contribution in [0.5, 0.6) is 5.75 Å². The molecule has 1 aliphatic carbocycles. The standard InChI is InChI=1S/C20H14ClF4N7O2/c21-15-14(4-7-27-17(15)26)34-13-3-2-10(8-12(13)22)31-18(33)11-9-30-32(16(11)20(23,24)25)19-28-5-1-6-29-19/h1-7,9,12H,8H2,(H2,26,27)(H,31,33). The van der Waals surface area contributed by atoms with E-state index in [-0.39, 0.29) is 40.4 Å². The number of ether oxygens (including phenoxy) is 1. The molecule has 4 rings (SSSR count). The molecule has 0 saturated carbocycles. The Bertz CT molecular complexity index is 1290. The van der Waals surface area contributed by atoms with Gasteiger partial charge in [0.05, 0.1) is 11.8 Å². The lowest BCUT2D eigenvalue weighted by Gasteiger charge is -2.20. The number of pyridine rings is 1. The maximum atomic E-state index is 14.7. The first-order chi connectivity index (χ1) is 16.1. The maximum Gasteiger partial charge on any atom is 0.434 e. The number of nitrogen functional groups attached to an aromatic ring is 1. The molecule has 1 aliphatic rings. The summed E-state index contributed by atoms with van der Waals surface area (Å²) in [5.41, 5.74) is 3.47. The number of nitrogens with one attached hydrogen (secondary N) is 1. The Labute approximate surface area is 193 Å². The van der Waals surface area contributed by atoms with Gasteiger partial charge in [-0.1, -0.05) is 11.6 Å². The lowest BCUT2D eigenvalue weighted by atomic mass is 10.1. The van der Waals surface area contributed by atoms with Crippen molar-refractivity contribution < 1.29 is 27.1 Å². The number of nitrogens with zero attached hydrogens (tertiary/aromatic N) is 5. The molecule has 3 heterocycles. The number of aromatic nitrogens is 5.